The maximum Gasteiger partial charge on any atom is 0.357 e. The molecule has 0 aliphatic carbocycles. The lowest BCUT2D eigenvalue weighted by Crippen LogP contribution is -2.24. The van der Waals surface area contributed by atoms with Crippen molar-refractivity contribution in [3.05, 3.63) is 94.1 Å². The van der Waals surface area contributed by atoms with Crippen molar-refractivity contribution in [2.75, 3.05) is 16.5 Å². The predicted octanol–water partition coefficient (Wildman–Crippen LogP) is 5.57. The van der Waals surface area contributed by atoms with Crippen molar-refractivity contribution >= 4 is 40.7 Å². The Hall–Kier alpha value is -4.19. The number of aliphatic carboxylic acids is 1. The number of hydrogen-bond acceptors (Lipinski definition) is 4. The van der Waals surface area contributed by atoms with E-state index in [1.165, 1.54) is 16.1 Å². The van der Waals surface area contributed by atoms with E-state index in [9.17, 15) is 14.7 Å². The Kier molecular flexibility index (Phi) is 5.73. The molecule has 0 aromatic heterocycles. The minimum atomic E-state index is -1.22. The number of nitrogens with zero attached hydrogens (tertiary/aromatic N) is 3. The van der Waals surface area contributed by atoms with Gasteiger partial charge in [-0.15, -0.1) is 0 Å². The highest BCUT2D eigenvalue weighted by molar-refractivity contribution is 6.53. The lowest BCUT2D eigenvalue weighted by atomic mass is 9.97. The number of carboxylic acid groups (broad SMARTS) is 1. The summed E-state index contributed by atoms with van der Waals surface area (Å²) >= 11 is 0. The number of benzene rings is 3. The van der Waals surface area contributed by atoms with Gasteiger partial charge in [-0.25, -0.2) is 4.79 Å². The second-order valence-corrected chi connectivity index (χ2v) is 9.20. The van der Waals surface area contributed by atoms with Crippen LogP contribution in [0.5, 0.6) is 0 Å². The summed E-state index contributed by atoms with van der Waals surface area (Å²) < 4.78 is 0. The first-order valence-electron chi connectivity index (χ1n) is 11.7. The Morgan fingerprint density at radius 1 is 0.943 bits per heavy atom. The van der Waals surface area contributed by atoms with Crippen molar-refractivity contribution in [2.45, 2.75) is 33.6 Å². The van der Waals surface area contributed by atoms with Crippen molar-refractivity contribution in [2.24, 2.45) is 5.10 Å². The zero-order chi connectivity index (χ0) is 24.7. The van der Waals surface area contributed by atoms with Crippen molar-refractivity contribution in [1.82, 2.24) is 0 Å². The molecular weight excluding hydrogens is 438 g/mol. The summed E-state index contributed by atoms with van der Waals surface area (Å²) in [6.45, 7) is 6.82. The summed E-state index contributed by atoms with van der Waals surface area (Å²) in [4.78, 5) is 27.6. The molecule has 1 N–H and O–H groups in total. The zero-order valence-corrected chi connectivity index (χ0v) is 20.1. The van der Waals surface area contributed by atoms with Crippen LogP contribution >= 0.6 is 0 Å². The van der Waals surface area contributed by atoms with E-state index in [-0.39, 0.29) is 11.3 Å². The van der Waals surface area contributed by atoms with E-state index < -0.39 is 11.9 Å². The molecule has 1 amide bonds. The van der Waals surface area contributed by atoms with E-state index >= 15 is 0 Å². The summed E-state index contributed by atoms with van der Waals surface area (Å²) in [6.07, 6.45) is 3.59. The van der Waals surface area contributed by atoms with Crippen LogP contribution < -0.4 is 9.91 Å². The molecule has 0 saturated carbocycles. The van der Waals surface area contributed by atoms with Crippen LogP contribution in [-0.2, 0) is 16.0 Å². The summed E-state index contributed by atoms with van der Waals surface area (Å²) in [5.41, 5.74) is 7.74. The molecule has 35 heavy (non-hydrogen) atoms. The summed E-state index contributed by atoms with van der Waals surface area (Å²) in [6, 6.07) is 20.2. The number of amides is 1. The monoisotopic (exact) mass is 465 g/mol. The highest BCUT2D eigenvalue weighted by atomic mass is 16.4. The molecule has 3 aromatic carbocycles. The fraction of sp³-hybridized carbons (Fsp3) is 0.207. The second kappa shape index (κ2) is 8.87. The van der Waals surface area contributed by atoms with E-state index in [2.05, 4.69) is 53.3 Å². The van der Waals surface area contributed by atoms with Gasteiger partial charge in [0.05, 0.1) is 11.3 Å². The van der Waals surface area contributed by atoms with E-state index in [4.69, 9.17) is 0 Å². The number of carbonyl (C=O) groups excluding carboxylic acids is 1. The van der Waals surface area contributed by atoms with Gasteiger partial charge in [-0.2, -0.15) is 10.1 Å². The quantitative estimate of drug-likeness (QED) is 0.512. The normalized spacial score (nSPS) is 16.5. The number of aryl methyl sites for hydroxylation is 4. The number of hydrazone groups is 1. The third kappa shape index (κ3) is 4.23. The molecule has 3 aromatic rings. The Labute approximate surface area is 204 Å². The lowest BCUT2D eigenvalue weighted by Gasteiger charge is -2.31. The van der Waals surface area contributed by atoms with Gasteiger partial charge in [0, 0.05) is 17.9 Å². The number of carboxylic acids is 1. The highest BCUT2D eigenvalue weighted by Gasteiger charge is 2.35. The van der Waals surface area contributed by atoms with Crippen LogP contribution in [-0.4, -0.2) is 29.2 Å². The van der Waals surface area contributed by atoms with Crippen molar-refractivity contribution in [3.63, 3.8) is 0 Å². The molecule has 0 unspecified atom stereocenters. The van der Waals surface area contributed by atoms with Crippen molar-refractivity contribution in [1.29, 1.82) is 0 Å². The molecule has 0 fully saturated rings. The van der Waals surface area contributed by atoms with Gasteiger partial charge in [-0.3, -0.25) is 4.79 Å². The summed E-state index contributed by atoms with van der Waals surface area (Å²) in [5.74, 6) is -1.66. The number of hydrogen-bond donors (Lipinski definition) is 1. The molecule has 2 aliphatic heterocycles. The average Bonchev–Trinajstić information content (AvgIpc) is 3.16. The Bertz CT molecular complexity index is 1400. The van der Waals surface area contributed by atoms with E-state index in [1.54, 1.807) is 6.08 Å². The van der Waals surface area contributed by atoms with Crippen molar-refractivity contribution in [3.8, 4) is 0 Å². The van der Waals surface area contributed by atoms with Crippen molar-refractivity contribution < 1.29 is 14.7 Å². The minimum absolute atomic E-state index is 0.0876. The first-order chi connectivity index (χ1) is 16.8. The minimum Gasteiger partial charge on any atom is -0.476 e. The average molecular weight is 466 g/mol. The molecular formula is C29H27N3O3. The molecule has 0 spiro atoms. The first-order valence-corrected chi connectivity index (χ1v) is 11.7. The highest BCUT2D eigenvalue weighted by Crippen LogP contribution is 2.35. The molecule has 6 heteroatoms. The SMILES string of the molecule is Cc1ccc(N2CCCc3cc(C=C4C(=O)N(c5cc(C)ccc5C)N=C4C(=O)O)ccc32)cc1. The van der Waals surface area contributed by atoms with E-state index in [1.807, 2.05) is 38.1 Å². The predicted molar refractivity (Wildman–Crippen MR) is 139 cm³/mol. The standard InChI is InChI=1S/C29H27N3O3/c1-18-7-11-23(12-8-18)31-14-4-5-22-16-21(10-13-25(22)31)17-24-27(29(34)35)30-32(28(24)33)26-15-19(2)6-9-20(26)3/h6-13,15-17H,4-5,14H2,1-3H3,(H,34,35). The molecule has 2 heterocycles. The Morgan fingerprint density at radius 2 is 1.69 bits per heavy atom. The van der Waals surface area contributed by atoms with Gasteiger partial charge in [0.25, 0.3) is 5.91 Å². The van der Waals surface area contributed by atoms with Crippen LogP contribution in [0.3, 0.4) is 0 Å². The first kappa shape index (κ1) is 22.6. The number of rotatable bonds is 4. The van der Waals surface area contributed by atoms with Crippen LogP contribution in [0.2, 0.25) is 0 Å². The molecule has 6 nitrogen and oxygen atoms in total. The molecule has 0 atom stereocenters. The fourth-order valence-corrected chi connectivity index (χ4v) is 4.68. The van der Waals surface area contributed by atoms with E-state index in [0.717, 1.165) is 47.5 Å². The fourth-order valence-electron chi connectivity index (χ4n) is 4.68. The van der Waals surface area contributed by atoms with Crippen LogP contribution in [0, 0.1) is 20.8 Å². The number of anilines is 3. The lowest BCUT2D eigenvalue weighted by molar-refractivity contribution is -0.129. The van der Waals surface area contributed by atoms with Crippen LogP contribution in [0.15, 0.2) is 71.3 Å². The van der Waals surface area contributed by atoms with Crippen LogP contribution in [0.25, 0.3) is 6.08 Å². The topological polar surface area (TPSA) is 73.2 Å². The summed E-state index contributed by atoms with van der Waals surface area (Å²) in [7, 11) is 0. The molecule has 0 bridgehead atoms. The third-order valence-corrected chi connectivity index (χ3v) is 6.55. The van der Waals surface area contributed by atoms with Gasteiger partial charge in [-0.1, -0.05) is 35.9 Å². The van der Waals surface area contributed by atoms with Gasteiger partial charge < -0.3 is 10.0 Å². The van der Waals surface area contributed by atoms with E-state index in [0.29, 0.717) is 5.69 Å². The van der Waals surface area contributed by atoms with Gasteiger partial charge >= 0.3 is 5.97 Å². The molecule has 2 aliphatic rings. The number of fused-ring (bicyclic) bond motifs is 1. The Balaban J connectivity index is 1.51. The van der Waals surface area contributed by atoms with Gasteiger partial charge in [0.2, 0.25) is 0 Å². The number of carbonyl (C=O) groups is 2. The maximum absolute atomic E-state index is 13.3. The second-order valence-electron chi connectivity index (χ2n) is 9.20. The van der Waals surface area contributed by atoms with Gasteiger partial charge in [-0.05, 0) is 92.3 Å². The molecule has 0 radical (unpaired) electrons. The molecule has 176 valence electrons. The smallest absolute Gasteiger partial charge is 0.357 e. The molecule has 0 saturated heterocycles. The zero-order valence-electron chi connectivity index (χ0n) is 20.1. The molecule has 5 rings (SSSR count). The van der Waals surface area contributed by atoms with Gasteiger partial charge in [0.15, 0.2) is 5.71 Å². The van der Waals surface area contributed by atoms with Crippen LogP contribution in [0.4, 0.5) is 17.1 Å². The third-order valence-electron chi connectivity index (χ3n) is 6.55. The van der Waals surface area contributed by atoms with Crippen LogP contribution in [0.1, 0.15) is 34.2 Å². The van der Waals surface area contributed by atoms with Gasteiger partial charge in [0.1, 0.15) is 0 Å². The Morgan fingerprint density at radius 3 is 2.43 bits per heavy atom. The summed E-state index contributed by atoms with van der Waals surface area (Å²) in [5, 5.41) is 15.2. The maximum atomic E-state index is 13.3. The largest absolute Gasteiger partial charge is 0.476 e.